The van der Waals surface area contributed by atoms with E-state index in [0.717, 1.165) is 12.1 Å². The van der Waals surface area contributed by atoms with Crippen LogP contribution in [-0.4, -0.2) is 6.21 Å². The summed E-state index contributed by atoms with van der Waals surface area (Å²) in [5.74, 6) is 0. The van der Waals surface area contributed by atoms with Crippen LogP contribution in [0.15, 0.2) is 59.6 Å². The summed E-state index contributed by atoms with van der Waals surface area (Å²) in [4.78, 5) is 4.60. The second-order valence-electron chi connectivity index (χ2n) is 4.85. The fraction of sp³-hybridized carbons (Fsp3) is 0.188. The zero-order chi connectivity index (χ0) is 11.7. The SMILES string of the molecule is CC1(c2ccccc2)C=Nc2ccccc2C1. The summed E-state index contributed by atoms with van der Waals surface area (Å²) in [6.45, 7) is 2.25. The van der Waals surface area contributed by atoms with Gasteiger partial charge in [-0.05, 0) is 23.6 Å². The Bertz CT molecular complexity index is 557. The molecular weight excluding hydrogens is 206 g/mol. The van der Waals surface area contributed by atoms with E-state index in [2.05, 4.69) is 66.7 Å². The number of aliphatic imine (C=N–C) groups is 1. The van der Waals surface area contributed by atoms with Gasteiger partial charge in [0, 0.05) is 11.6 Å². The van der Waals surface area contributed by atoms with E-state index in [1.807, 2.05) is 6.07 Å². The Kier molecular flexibility index (Phi) is 2.32. The van der Waals surface area contributed by atoms with Gasteiger partial charge in [-0.3, -0.25) is 4.99 Å². The average molecular weight is 221 g/mol. The maximum Gasteiger partial charge on any atom is 0.0658 e. The molecule has 0 saturated heterocycles. The fourth-order valence-electron chi connectivity index (χ4n) is 2.44. The standard InChI is InChI=1S/C16H15N/c1-16(14-8-3-2-4-9-14)11-13-7-5-6-10-15(13)17-12-16/h2-10,12H,11H2,1H3. The third-order valence-electron chi connectivity index (χ3n) is 3.47. The first-order chi connectivity index (χ1) is 8.28. The largest absolute Gasteiger partial charge is 0.260 e. The Labute approximate surface area is 102 Å². The van der Waals surface area contributed by atoms with Crippen molar-refractivity contribution < 1.29 is 0 Å². The van der Waals surface area contributed by atoms with E-state index < -0.39 is 0 Å². The molecule has 3 rings (SSSR count). The molecule has 1 aliphatic heterocycles. The smallest absolute Gasteiger partial charge is 0.0658 e. The lowest BCUT2D eigenvalue weighted by Crippen LogP contribution is -2.28. The normalized spacial score (nSPS) is 22.2. The molecule has 1 nitrogen and oxygen atoms in total. The highest BCUT2D eigenvalue weighted by Crippen LogP contribution is 2.34. The molecule has 2 aromatic carbocycles. The van der Waals surface area contributed by atoms with E-state index in [0.29, 0.717) is 0 Å². The van der Waals surface area contributed by atoms with Crippen molar-refractivity contribution >= 4 is 11.9 Å². The third kappa shape index (κ3) is 1.78. The van der Waals surface area contributed by atoms with E-state index >= 15 is 0 Å². The number of nitrogens with zero attached hydrogens (tertiary/aromatic N) is 1. The van der Waals surface area contributed by atoms with Gasteiger partial charge in [0.15, 0.2) is 0 Å². The van der Waals surface area contributed by atoms with Crippen molar-refractivity contribution in [1.29, 1.82) is 0 Å². The molecule has 0 radical (unpaired) electrons. The summed E-state index contributed by atoms with van der Waals surface area (Å²) >= 11 is 0. The zero-order valence-corrected chi connectivity index (χ0v) is 9.93. The second-order valence-corrected chi connectivity index (χ2v) is 4.85. The summed E-state index contributed by atoms with van der Waals surface area (Å²) < 4.78 is 0. The van der Waals surface area contributed by atoms with Gasteiger partial charge in [-0.2, -0.15) is 0 Å². The Morgan fingerprint density at radius 3 is 2.47 bits per heavy atom. The van der Waals surface area contributed by atoms with Crippen LogP contribution in [0, 0.1) is 0 Å². The Hall–Kier alpha value is -1.89. The van der Waals surface area contributed by atoms with Crippen molar-refractivity contribution in [3.8, 4) is 0 Å². The van der Waals surface area contributed by atoms with E-state index in [1.54, 1.807) is 0 Å². The van der Waals surface area contributed by atoms with Crippen LogP contribution in [0.5, 0.6) is 0 Å². The Balaban J connectivity index is 2.04. The monoisotopic (exact) mass is 221 g/mol. The number of benzene rings is 2. The molecule has 0 bridgehead atoms. The van der Waals surface area contributed by atoms with Gasteiger partial charge >= 0.3 is 0 Å². The van der Waals surface area contributed by atoms with Crippen LogP contribution in [0.4, 0.5) is 5.69 Å². The molecule has 0 spiro atoms. The van der Waals surface area contributed by atoms with Gasteiger partial charge < -0.3 is 0 Å². The van der Waals surface area contributed by atoms with Gasteiger partial charge in [-0.15, -0.1) is 0 Å². The molecule has 1 heterocycles. The summed E-state index contributed by atoms with van der Waals surface area (Å²) in [7, 11) is 0. The van der Waals surface area contributed by atoms with Gasteiger partial charge in [0.25, 0.3) is 0 Å². The third-order valence-corrected chi connectivity index (χ3v) is 3.47. The van der Waals surface area contributed by atoms with Crippen molar-refractivity contribution in [3.05, 3.63) is 65.7 Å². The molecule has 0 aromatic heterocycles. The van der Waals surface area contributed by atoms with Gasteiger partial charge in [-0.25, -0.2) is 0 Å². The fourth-order valence-corrected chi connectivity index (χ4v) is 2.44. The van der Waals surface area contributed by atoms with Crippen LogP contribution in [0.3, 0.4) is 0 Å². The molecule has 0 N–H and O–H groups in total. The summed E-state index contributed by atoms with van der Waals surface area (Å²) in [6.07, 6.45) is 3.11. The topological polar surface area (TPSA) is 12.4 Å². The first kappa shape index (κ1) is 10.3. The first-order valence-corrected chi connectivity index (χ1v) is 5.97. The van der Waals surface area contributed by atoms with Crippen LogP contribution < -0.4 is 0 Å². The minimum absolute atomic E-state index is 0.0234. The van der Waals surface area contributed by atoms with Crippen molar-refractivity contribution in [2.45, 2.75) is 18.8 Å². The molecule has 0 saturated carbocycles. The van der Waals surface area contributed by atoms with Crippen molar-refractivity contribution in [3.63, 3.8) is 0 Å². The Morgan fingerprint density at radius 1 is 0.941 bits per heavy atom. The quantitative estimate of drug-likeness (QED) is 0.692. The first-order valence-electron chi connectivity index (χ1n) is 5.97. The summed E-state index contributed by atoms with van der Waals surface area (Å²) in [5, 5.41) is 0. The van der Waals surface area contributed by atoms with Crippen LogP contribution in [-0.2, 0) is 11.8 Å². The average Bonchev–Trinajstić information content (AvgIpc) is 2.40. The van der Waals surface area contributed by atoms with Gasteiger partial charge in [0.05, 0.1) is 5.69 Å². The second kappa shape index (κ2) is 3.85. The van der Waals surface area contributed by atoms with Crippen LogP contribution in [0.1, 0.15) is 18.1 Å². The minimum atomic E-state index is 0.0234. The molecular formula is C16H15N. The van der Waals surface area contributed by atoms with Gasteiger partial charge in [0.1, 0.15) is 0 Å². The highest BCUT2D eigenvalue weighted by atomic mass is 14.8. The summed E-state index contributed by atoms with van der Waals surface area (Å²) in [6, 6.07) is 19.0. The minimum Gasteiger partial charge on any atom is -0.260 e. The number of para-hydroxylation sites is 1. The molecule has 0 amide bonds. The molecule has 1 heteroatoms. The number of fused-ring (bicyclic) bond motifs is 1. The molecule has 0 aliphatic carbocycles. The molecule has 84 valence electrons. The van der Waals surface area contributed by atoms with Gasteiger partial charge in [0.2, 0.25) is 0 Å². The maximum absolute atomic E-state index is 4.60. The predicted molar refractivity (Wildman–Crippen MR) is 72.1 cm³/mol. The van der Waals surface area contributed by atoms with E-state index in [4.69, 9.17) is 0 Å². The van der Waals surface area contributed by atoms with E-state index in [9.17, 15) is 0 Å². The zero-order valence-electron chi connectivity index (χ0n) is 9.93. The predicted octanol–water partition coefficient (Wildman–Crippen LogP) is 3.90. The number of rotatable bonds is 1. The van der Waals surface area contributed by atoms with Crippen LogP contribution >= 0.6 is 0 Å². The van der Waals surface area contributed by atoms with Crippen LogP contribution in [0.2, 0.25) is 0 Å². The van der Waals surface area contributed by atoms with Crippen LogP contribution in [0.25, 0.3) is 0 Å². The van der Waals surface area contributed by atoms with E-state index in [1.165, 1.54) is 11.1 Å². The van der Waals surface area contributed by atoms with Gasteiger partial charge in [-0.1, -0.05) is 55.5 Å². The maximum atomic E-state index is 4.60. The highest BCUT2D eigenvalue weighted by molar-refractivity contribution is 5.80. The molecule has 1 atom stereocenters. The molecule has 2 aromatic rings. The Morgan fingerprint density at radius 2 is 1.65 bits per heavy atom. The lowest BCUT2D eigenvalue weighted by molar-refractivity contribution is 0.639. The number of hydrogen-bond donors (Lipinski definition) is 0. The molecule has 1 aliphatic rings. The van der Waals surface area contributed by atoms with Crippen molar-refractivity contribution in [2.24, 2.45) is 4.99 Å². The van der Waals surface area contributed by atoms with E-state index in [-0.39, 0.29) is 5.41 Å². The highest BCUT2D eigenvalue weighted by Gasteiger charge is 2.28. The lowest BCUT2D eigenvalue weighted by atomic mass is 9.76. The molecule has 17 heavy (non-hydrogen) atoms. The number of hydrogen-bond acceptors (Lipinski definition) is 1. The summed E-state index contributed by atoms with van der Waals surface area (Å²) in [5.41, 5.74) is 3.80. The lowest BCUT2D eigenvalue weighted by Gasteiger charge is -2.29. The van der Waals surface area contributed by atoms with Crippen molar-refractivity contribution in [2.75, 3.05) is 0 Å². The molecule has 1 unspecified atom stereocenters. The van der Waals surface area contributed by atoms with Crippen molar-refractivity contribution in [1.82, 2.24) is 0 Å². The molecule has 0 fully saturated rings.